The molecule has 3 rings (SSSR count). The van der Waals surface area contributed by atoms with Gasteiger partial charge in [-0.1, -0.05) is 46.1 Å². The normalized spacial score (nSPS) is 21.2. The molecular weight excluding hydrogens is 438 g/mol. The lowest BCUT2D eigenvalue weighted by Gasteiger charge is -2.40. The van der Waals surface area contributed by atoms with Crippen LogP contribution in [0, 0.1) is 0 Å². The van der Waals surface area contributed by atoms with Gasteiger partial charge in [0, 0.05) is 39.5 Å². The van der Waals surface area contributed by atoms with Gasteiger partial charge in [0.05, 0.1) is 0 Å². The van der Waals surface area contributed by atoms with Crippen LogP contribution in [-0.4, -0.2) is 36.1 Å². The zero-order valence-electron chi connectivity index (χ0n) is 16.0. The van der Waals surface area contributed by atoms with E-state index in [0.29, 0.717) is 23.0 Å². The van der Waals surface area contributed by atoms with Crippen molar-refractivity contribution in [1.82, 2.24) is 4.90 Å². The number of likely N-dealkylation sites (tertiary alicyclic amines) is 1. The lowest BCUT2D eigenvalue weighted by Crippen LogP contribution is -2.45. The van der Waals surface area contributed by atoms with E-state index in [2.05, 4.69) is 27.9 Å². The molecule has 5 heteroatoms. The standard InChI is InChI=1S/C23H25BrClNO2/c1-26-21(13-18(15-27)16-5-9-19(24)10-6-16)3-2-4-22(26)14-23(28)17-7-11-20(25)12-8-17/h5-12,15,18,21-22H,2-4,13-14H2,1H3. The Morgan fingerprint density at radius 3 is 2.43 bits per heavy atom. The summed E-state index contributed by atoms with van der Waals surface area (Å²) in [5.41, 5.74) is 1.76. The SMILES string of the molecule is CN1C(CC(=O)c2ccc(Cl)cc2)CCCC1CC(C=O)c1ccc(Br)cc1. The Bertz CT molecular complexity index is 806. The molecule has 0 spiro atoms. The number of piperidine rings is 1. The van der Waals surface area contributed by atoms with Crippen molar-refractivity contribution in [1.29, 1.82) is 0 Å². The summed E-state index contributed by atoms with van der Waals surface area (Å²) in [6.07, 6.45) is 5.49. The maximum absolute atomic E-state index is 12.7. The topological polar surface area (TPSA) is 37.4 Å². The van der Waals surface area contributed by atoms with Gasteiger partial charge in [-0.15, -0.1) is 0 Å². The maximum Gasteiger partial charge on any atom is 0.164 e. The largest absolute Gasteiger partial charge is 0.303 e. The van der Waals surface area contributed by atoms with Crippen LogP contribution in [0.3, 0.4) is 0 Å². The number of carbonyl (C=O) groups is 2. The van der Waals surface area contributed by atoms with Gasteiger partial charge in [-0.05, 0) is 68.3 Å². The quantitative estimate of drug-likeness (QED) is 0.380. The third kappa shape index (κ3) is 5.31. The lowest BCUT2D eigenvalue weighted by molar-refractivity contribution is -0.109. The summed E-state index contributed by atoms with van der Waals surface area (Å²) in [7, 11) is 2.09. The number of Topliss-reactive ketones (excluding diaryl/α,β-unsaturated/α-hetero) is 1. The first-order chi connectivity index (χ1) is 13.5. The smallest absolute Gasteiger partial charge is 0.164 e. The highest BCUT2D eigenvalue weighted by molar-refractivity contribution is 9.10. The van der Waals surface area contributed by atoms with Gasteiger partial charge in [-0.3, -0.25) is 9.69 Å². The monoisotopic (exact) mass is 461 g/mol. The summed E-state index contributed by atoms with van der Waals surface area (Å²) < 4.78 is 1.01. The second-order valence-corrected chi connectivity index (χ2v) is 8.92. The Labute approximate surface area is 180 Å². The average molecular weight is 463 g/mol. The molecule has 3 unspecified atom stereocenters. The minimum Gasteiger partial charge on any atom is -0.303 e. The Morgan fingerprint density at radius 1 is 1.14 bits per heavy atom. The second kappa shape index (κ2) is 9.82. The van der Waals surface area contributed by atoms with Crippen LogP contribution in [0.5, 0.6) is 0 Å². The highest BCUT2D eigenvalue weighted by Crippen LogP contribution is 2.31. The predicted molar refractivity (Wildman–Crippen MR) is 117 cm³/mol. The van der Waals surface area contributed by atoms with Gasteiger partial charge < -0.3 is 4.79 Å². The van der Waals surface area contributed by atoms with Crippen molar-refractivity contribution in [3.05, 3.63) is 69.2 Å². The number of halogens is 2. The van der Waals surface area contributed by atoms with Gasteiger partial charge in [-0.25, -0.2) is 0 Å². The second-order valence-electron chi connectivity index (χ2n) is 7.57. The van der Waals surface area contributed by atoms with Crippen molar-refractivity contribution in [2.75, 3.05) is 7.05 Å². The number of nitrogens with zero attached hydrogens (tertiary/aromatic N) is 1. The Balaban J connectivity index is 1.65. The van der Waals surface area contributed by atoms with Crippen molar-refractivity contribution in [3.63, 3.8) is 0 Å². The number of aldehydes is 1. The van der Waals surface area contributed by atoms with Crippen LogP contribution in [0.2, 0.25) is 5.02 Å². The first kappa shape index (κ1) is 21.2. The van der Waals surface area contributed by atoms with Crippen molar-refractivity contribution in [2.24, 2.45) is 0 Å². The fourth-order valence-electron chi connectivity index (χ4n) is 4.07. The highest BCUT2D eigenvalue weighted by Gasteiger charge is 2.31. The summed E-state index contributed by atoms with van der Waals surface area (Å²) in [4.78, 5) is 26.7. The summed E-state index contributed by atoms with van der Waals surface area (Å²) in [5.74, 6) is 0.0280. The molecule has 0 saturated carbocycles. The van der Waals surface area contributed by atoms with Crippen molar-refractivity contribution >= 4 is 39.6 Å². The van der Waals surface area contributed by atoms with Gasteiger partial charge >= 0.3 is 0 Å². The van der Waals surface area contributed by atoms with Crippen LogP contribution in [0.1, 0.15) is 53.9 Å². The van der Waals surface area contributed by atoms with Gasteiger partial charge in [0.15, 0.2) is 5.78 Å². The molecule has 1 heterocycles. The number of benzene rings is 2. The zero-order chi connectivity index (χ0) is 20.1. The van der Waals surface area contributed by atoms with Crippen LogP contribution >= 0.6 is 27.5 Å². The summed E-state index contributed by atoms with van der Waals surface area (Å²) >= 11 is 9.36. The molecule has 1 aliphatic rings. The van der Waals surface area contributed by atoms with E-state index >= 15 is 0 Å². The number of ketones is 1. The minimum atomic E-state index is -0.119. The predicted octanol–water partition coefficient (Wildman–Crippen LogP) is 5.90. The molecule has 2 aromatic carbocycles. The first-order valence-electron chi connectivity index (χ1n) is 9.69. The molecular formula is C23H25BrClNO2. The zero-order valence-corrected chi connectivity index (χ0v) is 18.3. The van der Waals surface area contributed by atoms with E-state index < -0.39 is 0 Å². The maximum atomic E-state index is 12.7. The molecule has 0 aromatic heterocycles. The molecule has 0 N–H and O–H groups in total. The van der Waals surface area contributed by atoms with E-state index in [1.807, 2.05) is 24.3 Å². The Morgan fingerprint density at radius 2 is 1.79 bits per heavy atom. The van der Waals surface area contributed by atoms with Gasteiger partial charge in [0.2, 0.25) is 0 Å². The number of carbonyl (C=O) groups excluding carboxylic acids is 2. The third-order valence-corrected chi connectivity index (χ3v) is 6.58. The highest BCUT2D eigenvalue weighted by atomic mass is 79.9. The van der Waals surface area contributed by atoms with Crippen LogP contribution < -0.4 is 0 Å². The van der Waals surface area contributed by atoms with Crippen molar-refractivity contribution in [3.8, 4) is 0 Å². The molecule has 1 saturated heterocycles. The molecule has 148 valence electrons. The Hall–Kier alpha value is -1.49. The molecule has 1 aliphatic heterocycles. The van der Waals surface area contributed by atoms with Gasteiger partial charge in [0.25, 0.3) is 0 Å². The van der Waals surface area contributed by atoms with Gasteiger partial charge in [-0.2, -0.15) is 0 Å². The molecule has 3 atom stereocenters. The van der Waals surface area contributed by atoms with Crippen LogP contribution in [0.25, 0.3) is 0 Å². The number of hydrogen-bond donors (Lipinski definition) is 0. The van der Waals surface area contributed by atoms with Crippen LogP contribution in [0.15, 0.2) is 53.0 Å². The molecule has 0 radical (unpaired) electrons. The Kier molecular flexibility index (Phi) is 7.44. The van der Waals surface area contributed by atoms with Crippen molar-refractivity contribution in [2.45, 2.75) is 50.1 Å². The molecule has 0 amide bonds. The van der Waals surface area contributed by atoms with E-state index in [1.165, 1.54) is 0 Å². The lowest BCUT2D eigenvalue weighted by atomic mass is 9.85. The minimum absolute atomic E-state index is 0.119. The molecule has 28 heavy (non-hydrogen) atoms. The van der Waals surface area contributed by atoms with E-state index in [0.717, 1.165) is 42.0 Å². The molecule has 0 bridgehead atoms. The number of hydrogen-bond acceptors (Lipinski definition) is 3. The molecule has 1 fully saturated rings. The number of rotatable bonds is 7. The van der Waals surface area contributed by atoms with Crippen LogP contribution in [-0.2, 0) is 4.79 Å². The molecule has 3 nitrogen and oxygen atoms in total. The van der Waals surface area contributed by atoms with E-state index in [4.69, 9.17) is 11.6 Å². The van der Waals surface area contributed by atoms with Crippen molar-refractivity contribution < 1.29 is 9.59 Å². The molecule has 2 aromatic rings. The summed E-state index contributed by atoms with van der Waals surface area (Å²) in [6, 6.07) is 15.6. The summed E-state index contributed by atoms with van der Waals surface area (Å²) in [6.45, 7) is 0. The van der Waals surface area contributed by atoms with Crippen LogP contribution in [0.4, 0.5) is 0 Å². The van der Waals surface area contributed by atoms with E-state index in [-0.39, 0.29) is 17.7 Å². The fourth-order valence-corrected chi connectivity index (χ4v) is 4.46. The van der Waals surface area contributed by atoms with E-state index in [9.17, 15) is 9.59 Å². The first-order valence-corrected chi connectivity index (χ1v) is 10.9. The fraction of sp³-hybridized carbons (Fsp3) is 0.391. The average Bonchev–Trinajstić information content (AvgIpc) is 2.70. The van der Waals surface area contributed by atoms with Gasteiger partial charge in [0.1, 0.15) is 6.29 Å². The third-order valence-electron chi connectivity index (χ3n) is 5.80. The molecule has 0 aliphatic carbocycles. The van der Waals surface area contributed by atoms with E-state index in [1.54, 1.807) is 24.3 Å². The summed E-state index contributed by atoms with van der Waals surface area (Å²) in [5, 5.41) is 0.638.